The largest absolute Gasteiger partial charge is 0.372 e. The number of imide groups is 1. The molecule has 2 amide bonds. The molecule has 0 bridgehead atoms. The molecular weight excluding hydrogens is 348 g/mol. The second-order valence-electron chi connectivity index (χ2n) is 7.89. The minimum Gasteiger partial charge on any atom is -0.372 e. The maximum Gasteiger partial charge on any atom is 0.329 e. The number of aromatic nitrogens is 2. The molecule has 8 heteroatoms. The van der Waals surface area contributed by atoms with Crippen LogP contribution in [0.15, 0.2) is 23.0 Å². The Balaban J connectivity index is 1.61. The van der Waals surface area contributed by atoms with Gasteiger partial charge in [-0.1, -0.05) is 12.1 Å². The number of ether oxygens (including phenoxy) is 1. The van der Waals surface area contributed by atoms with Crippen molar-refractivity contribution in [2.75, 3.05) is 19.7 Å². The van der Waals surface area contributed by atoms with Gasteiger partial charge in [-0.05, 0) is 24.5 Å². The second-order valence-corrected chi connectivity index (χ2v) is 7.89. The number of imidazole rings is 1. The van der Waals surface area contributed by atoms with Gasteiger partial charge in [0.2, 0.25) is 11.8 Å². The van der Waals surface area contributed by atoms with E-state index in [0.717, 1.165) is 36.1 Å². The standard InChI is InChI=1S/C19H22N4O4/c1-22-16-12(11-7-19(27-8-11)9-20-10-19)3-2-4-13(16)23(18(22)26)14-5-6-15(24)21-17(14)25/h2-4,11,14,20H,5-10H2,1H3,(H,21,24,25). The van der Waals surface area contributed by atoms with Crippen molar-refractivity contribution in [1.82, 2.24) is 19.8 Å². The molecule has 142 valence electrons. The summed E-state index contributed by atoms with van der Waals surface area (Å²) in [6.45, 7) is 2.38. The Hall–Kier alpha value is -2.45. The quantitative estimate of drug-likeness (QED) is 0.735. The second kappa shape index (κ2) is 5.77. The lowest BCUT2D eigenvalue weighted by Gasteiger charge is -2.38. The Morgan fingerprint density at radius 2 is 2.04 bits per heavy atom. The molecule has 3 aliphatic rings. The number of carbonyl (C=O) groups excluding carboxylic acids is 2. The zero-order valence-electron chi connectivity index (χ0n) is 15.2. The smallest absolute Gasteiger partial charge is 0.329 e. The highest BCUT2D eigenvalue weighted by molar-refractivity contribution is 6.00. The average Bonchev–Trinajstić information content (AvgIpc) is 3.17. The molecule has 1 aromatic carbocycles. The molecule has 5 rings (SSSR count). The number of piperidine rings is 1. The van der Waals surface area contributed by atoms with Gasteiger partial charge in [0.05, 0.1) is 23.2 Å². The Kier molecular flexibility index (Phi) is 3.57. The maximum absolute atomic E-state index is 13.0. The first kappa shape index (κ1) is 16.7. The zero-order valence-corrected chi connectivity index (χ0v) is 15.2. The number of hydrogen-bond donors (Lipinski definition) is 2. The highest BCUT2D eigenvalue weighted by atomic mass is 16.5. The van der Waals surface area contributed by atoms with E-state index in [9.17, 15) is 14.4 Å². The number of nitrogens with one attached hydrogen (secondary N) is 2. The van der Waals surface area contributed by atoms with E-state index in [1.54, 1.807) is 11.6 Å². The fraction of sp³-hybridized carbons (Fsp3) is 0.526. The molecule has 2 N–H and O–H groups in total. The summed E-state index contributed by atoms with van der Waals surface area (Å²) in [4.78, 5) is 36.8. The monoisotopic (exact) mass is 370 g/mol. The van der Waals surface area contributed by atoms with Crippen LogP contribution in [-0.2, 0) is 21.4 Å². The number of benzene rings is 1. The first-order valence-corrected chi connectivity index (χ1v) is 9.37. The third-order valence-corrected chi connectivity index (χ3v) is 6.20. The zero-order chi connectivity index (χ0) is 18.8. The van der Waals surface area contributed by atoms with Crippen LogP contribution in [0.25, 0.3) is 11.0 Å². The fourth-order valence-corrected chi connectivity index (χ4v) is 4.72. The first-order chi connectivity index (χ1) is 13.0. The highest BCUT2D eigenvalue weighted by Crippen LogP contribution is 2.41. The Morgan fingerprint density at radius 1 is 1.22 bits per heavy atom. The third-order valence-electron chi connectivity index (χ3n) is 6.20. The molecule has 2 unspecified atom stereocenters. The Morgan fingerprint density at radius 3 is 2.70 bits per heavy atom. The SMILES string of the molecule is Cn1c(=O)n(C2CCC(=O)NC2=O)c2cccc(C3COC4(CNC4)C3)c21. The predicted octanol–water partition coefficient (Wildman–Crippen LogP) is 0.164. The minimum atomic E-state index is -0.656. The van der Waals surface area contributed by atoms with Gasteiger partial charge < -0.3 is 10.1 Å². The summed E-state index contributed by atoms with van der Waals surface area (Å²) in [6.07, 6.45) is 1.51. The van der Waals surface area contributed by atoms with Gasteiger partial charge in [-0.25, -0.2) is 4.79 Å². The predicted molar refractivity (Wildman–Crippen MR) is 97.5 cm³/mol. The average molecular weight is 370 g/mol. The van der Waals surface area contributed by atoms with Crippen molar-refractivity contribution >= 4 is 22.8 Å². The van der Waals surface area contributed by atoms with Crippen molar-refractivity contribution < 1.29 is 14.3 Å². The van der Waals surface area contributed by atoms with Gasteiger partial charge in [0.1, 0.15) is 6.04 Å². The summed E-state index contributed by atoms with van der Waals surface area (Å²) in [5, 5.41) is 5.62. The number of rotatable bonds is 2. The summed E-state index contributed by atoms with van der Waals surface area (Å²) in [5.41, 5.74) is 2.37. The number of amides is 2. The summed E-state index contributed by atoms with van der Waals surface area (Å²) in [6, 6.07) is 5.20. The Labute approximate surface area is 155 Å². The van der Waals surface area contributed by atoms with E-state index < -0.39 is 11.9 Å². The van der Waals surface area contributed by atoms with Crippen LogP contribution in [-0.4, -0.2) is 46.2 Å². The highest BCUT2D eigenvalue weighted by Gasteiger charge is 2.46. The Bertz CT molecular complexity index is 1020. The van der Waals surface area contributed by atoms with E-state index in [0.29, 0.717) is 13.0 Å². The summed E-state index contributed by atoms with van der Waals surface area (Å²) < 4.78 is 9.22. The number of nitrogens with zero attached hydrogens (tertiary/aromatic N) is 2. The topological polar surface area (TPSA) is 94.4 Å². The molecule has 1 spiro atoms. The van der Waals surface area contributed by atoms with Crippen molar-refractivity contribution in [3.63, 3.8) is 0 Å². The van der Waals surface area contributed by atoms with Crippen molar-refractivity contribution in [3.05, 3.63) is 34.2 Å². The van der Waals surface area contributed by atoms with Crippen LogP contribution in [0.5, 0.6) is 0 Å². The lowest BCUT2D eigenvalue weighted by Crippen LogP contribution is -2.59. The molecule has 4 heterocycles. The van der Waals surface area contributed by atoms with E-state index in [-0.39, 0.29) is 29.5 Å². The van der Waals surface area contributed by atoms with Crippen LogP contribution >= 0.6 is 0 Å². The van der Waals surface area contributed by atoms with Crippen LogP contribution in [0.3, 0.4) is 0 Å². The molecule has 2 aromatic rings. The van der Waals surface area contributed by atoms with Gasteiger partial charge in [0.15, 0.2) is 0 Å². The normalized spacial score (nSPS) is 27.1. The van der Waals surface area contributed by atoms with Gasteiger partial charge >= 0.3 is 5.69 Å². The molecule has 0 aliphatic carbocycles. The lowest BCUT2D eigenvalue weighted by atomic mass is 9.85. The van der Waals surface area contributed by atoms with Crippen molar-refractivity contribution in [2.24, 2.45) is 7.05 Å². The number of aryl methyl sites for hydroxylation is 1. The van der Waals surface area contributed by atoms with Crippen LogP contribution in [0.4, 0.5) is 0 Å². The molecule has 8 nitrogen and oxygen atoms in total. The van der Waals surface area contributed by atoms with Gasteiger partial charge in [-0.3, -0.25) is 24.0 Å². The fourth-order valence-electron chi connectivity index (χ4n) is 4.72. The molecule has 3 aliphatic heterocycles. The third kappa shape index (κ3) is 2.40. The van der Waals surface area contributed by atoms with E-state index in [4.69, 9.17) is 4.74 Å². The summed E-state index contributed by atoms with van der Waals surface area (Å²) >= 11 is 0. The molecule has 27 heavy (non-hydrogen) atoms. The van der Waals surface area contributed by atoms with Gasteiger partial charge in [-0.2, -0.15) is 0 Å². The van der Waals surface area contributed by atoms with Gasteiger partial charge in [0, 0.05) is 32.5 Å². The molecule has 1 aromatic heterocycles. The van der Waals surface area contributed by atoms with Crippen LogP contribution in [0.2, 0.25) is 0 Å². The lowest BCUT2D eigenvalue weighted by molar-refractivity contribution is -0.135. The van der Waals surface area contributed by atoms with Crippen molar-refractivity contribution in [3.8, 4) is 0 Å². The maximum atomic E-state index is 13.0. The molecule has 3 saturated heterocycles. The molecule has 0 radical (unpaired) electrons. The van der Waals surface area contributed by atoms with Gasteiger partial charge in [-0.15, -0.1) is 0 Å². The molecule has 0 saturated carbocycles. The number of carbonyl (C=O) groups is 2. The first-order valence-electron chi connectivity index (χ1n) is 9.37. The number of para-hydroxylation sites is 1. The minimum absolute atomic E-state index is 0.0715. The van der Waals surface area contributed by atoms with E-state index in [1.165, 1.54) is 4.57 Å². The van der Waals surface area contributed by atoms with Crippen LogP contribution < -0.4 is 16.3 Å². The molecule has 2 atom stereocenters. The van der Waals surface area contributed by atoms with Crippen LogP contribution in [0.1, 0.15) is 36.8 Å². The number of fused-ring (bicyclic) bond motifs is 1. The van der Waals surface area contributed by atoms with Crippen LogP contribution in [0, 0.1) is 0 Å². The van der Waals surface area contributed by atoms with E-state index in [2.05, 4.69) is 16.7 Å². The molecule has 3 fully saturated rings. The van der Waals surface area contributed by atoms with Gasteiger partial charge in [0.25, 0.3) is 0 Å². The molecular formula is C19H22N4O4. The van der Waals surface area contributed by atoms with Crippen molar-refractivity contribution in [2.45, 2.75) is 36.8 Å². The van der Waals surface area contributed by atoms with E-state index >= 15 is 0 Å². The van der Waals surface area contributed by atoms with E-state index in [1.807, 2.05) is 12.1 Å². The summed E-state index contributed by atoms with van der Waals surface area (Å²) in [7, 11) is 1.74. The van der Waals surface area contributed by atoms with Crippen molar-refractivity contribution in [1.29, 1.82) is 0 Å². The number of hydrogen-bond acceptors (Lipinski definition) is 5. The summed E-state index contributed by atoms with van der Waals surface area (Å²) in [5.74, 6) is -0.471.